The Morgan fingerprint density at radius 1 is 0.812 bits per heavy atom. The van der Waals surface area contributed by atoms with E-state index >= 15 is 0 Å². The minimum absolute atomic E-state index is 1.33. The van der Waals surface area contributed by atoms with Crippen molar-refractivity contribution >= 4 is 13.9 Å². The van der Waals surface area contributed by atoms with Gasteiger partial charge in [-0.2, -0.15) is 0 Å². The minimum atomic E-state index is 1.33. The minimum Gasteiger partial charge on any atom is -0.0654 e. The Labute approximate surface area is 103 Å². The third-order valence-corrected chi connectivity index (χ3v) is 4.02. The molecule has 1 aromatic rings. The molecule has 0 atom stereocenters. The van der Waals surface area contributed by atoms with Gasteiger partial charge in [0.25, 0.3) is 0 Å². The predicted octanol–water partition coefficient (Wildman–Crippen LogP) is 5.01. The molecule has 1 aromatic carbocycles. The largest absolute Gasteiger partial charge is 0.0654 e. The zero-order valence-electron chi connectivity index (χ0n) is 10.5. The number of unbranched alkanes of at least 4 members (excludes halogenated alkanes) is 6. The molecule has 0 nitrogen and oxygen atoms in total. The lowest BCUT2D eigenvalue weighted by Crippen LogP contribution is -1.93. The van der Waals surface area contributed by atoms with Gasteiger partial charge in [-0.05, 0) is 26.5 Å². The van der Waals surface area contributed by atoms with Gasteiger partial charge in [0.15, 0.2) is 0 Å². The molecule has 1 heteroatoms. The van der Waals surface area contributed by atoms with Gasteiger partial charge in [-0.25, -0.2) is 0 Å². The van der Waals surface area contributed by atoms with E-state index in [9.17, 15) is 0 Å². The first kappa shape index (κ1) is 13.7. The van der Waals surface area contributed by atoms with Crippen molar-refractivity contribution in [3.05, 3.63) is 30.3 Å². The highest BCUT2D eigenvalue weighted by Crippen LogP contribution is 2.14. The summed E-state index contributed by atoms with van der Waals surface area (Å²) in [5.74, 6) is 0. The molecule has 0 unspecified atom stereocenters. The van der Waals surface area contributed by atoms with Gasteiger partial charge >= 0.3 is 0 Å². The summed E-state index contributed by atoms with van der Waals surface area (Å²) >= 11 is 0. The fourth-order valence-electron chi connectivity index (χ4n) is 1.81. The maximum atomic E-state index is 2.28. The van der Waals surface area contributed by atoms with E-state index in [-0.39, 0.29) is 0 Å². The molecule has 0 N–H and O–H groups in total. The fourth-order valence-corrected chi connectivity index (χ4v) is 2.83. The highest BCUT2D eigenvalue weighted by molar-refractivity contribution is 7.47. The van der Waals surface area contributed by atoms with Crippen molar-refractivity contribution in [3.8, 4) is 0 Å². The Kier molecular flexibility index (Phi) is 8.44. The van der Waals surface area contributed by atoms with Gasteiger partial charge in [0.1, 0.15) is 0 Å². The van der Waals surface area contributed by atoms with Crippen LogP contribution in [-0.4, -0.2) is 6.16 Å². The van der Waals surface area contributed by atoms with Crippen LogP contribution in [0.4, 0.5) is 0 Å². The molecule has 0 saturated carbocycles. The number of benzene rings is 1. The fraction of sp³-hybridized carbons (Fsp3) is 0.600. The molecular formula is C15H24P. The molecule has 0 bridgehead atoms. The highest BCUT2D eigenvalue weighted by Gasteiger charge is 1.94. The summed E-state index contributed by atoms with van der Waals surface area (Å²) in [7, 11) is 1.50. The van der Waals surface area contributed by atoms with E-state index < -0.39 is 0 Å². The van der Waals surface area contributed by atoms with Crippen molar-refractivity contribution < 1.29 is 0 Å². The second kappa shape index (κ2) is 9.85. The molecule has 89 valence electrons. The van der Waals surface area contributed by atoms with E-state index in [0.717, 1.165) is 0 Å². The molecular weight excluding hydrogens is 211 g/mol. The highest BCUT2D eigenvalue weighted by atomic mass is 31.1. The molecule has 0 aromatic heterocycles. The normalized spacial score (nSPS) is 11.3. The van der Waals surface area contributed by atoms with Crippen molar-refractivity contribution in [3.63, 3.8) is 0 Å². The van der Waals surface area contributed by atoms with Crippen LogP contribution in [0.1, 0.15) is 51.9 Å². The average molecular weight is 235 g/mol. The summed E-state index contributed by atoms with van der Waals surface area (Å²) in [6, 6.07) is 10.8. The van der Waals surface area contributed by atoms with Crippen LogP contribution in [-0.2, 0) is 0 Å². The van der Waals surface area contributed by atoms with Gasteiger partial charge < -0.3 is 0 Å². The van der Waals surface area contributed by atoms with Crippen LogP contribution in [0.3, 0.4) is 0 Å². The zero-order chi connectivity index (χ0) is 11.5. The van der Waals surface area contributed by atoms with Crippen LogP contribution in [0.5, 0.6) is 0 Å². The Balaban J connectivity index is 1.89. The summed E-state index contributed by atoms with van der Waals surface area (Å²) in [5, 5.41) is 1.47. The van der Waals surface area contributed by atoms with Crippen LogP contribution in [0.15, 0.2) is 30.3 Å². The summed E-state index contributed by atoms with van der Waals surface area (Å²) in [5.41, 5.74) is 0. The molecule has 1 rings (SSSR count). The molecule has 16 heavy (non-hydrogen) atoms. The molecule has 0 aliphatic heterocycles. The Morgan fingerprint density at radius 3 is 2.12 bits per heavy atom. The molecule has 0 saturated heterocycles. The first-order valence-electron chi connectivity index (χ1n) is 6.66. The topological polar surface area (TPSA) is 0 Å². The molecule has 0 aliphatic rings. The maximum absolute atomic E-state index is 2.28. The number of hydrogen-bond donors (Lipinski definition) is 0. The van der Waals surface area contributed by atoms with E-state index in [1.807, 2.05) is 0 Å². The Hall–Kier alpha value is -0.350. The summed E-state index contributed by atoms with van der Waals surface area (Å²) < 4.78 is 0. The first-order chi connectivity index (χ1) is 7.93. The quantitative estimate of drug-likeness (QED) is 0.417. The lowest BCUT2D eigenvalue weighted by molar-refractivity contribution is 0.603. The maximum Gasteiger partial charge on any atom is -0.0193 e. The standard InChI is InChI=1S/C15H24P/c1-2-3-4-5-6-7-11-14-16-15-12-9-8-10-13-15/h8-10,12-13H,2-7,11,14H2,1H3. The van der Waals surface area contributed by atoms with E-state index in [4.69, 9.17) is 0 Å². The van der Waals surface area contributed by atoms with E-state index in [1.54, 1.807) is 0 Å². The number of rotatable bonds is 9. The average Bonchev–Trinajstić information content (AvgIpc) is 2.34. The Morgan fingerprint density at radius 2 is 1.44 bits per heavy atom. The zero-order valence-corrected chi connectivity index (χ0v) is 11.4. The molecule has 0 fully saturated rings. The van der Waals surface area contributed by atoms with Gasteiger partial charge in [-0.1, -0.05) is 75.8 Å². The summed E-state index contributed by atoms with van der Waals surface area (Å²) in [6.07, 6.45) is 11.2. The van der Waals surface area contributed by atoms with Gasteiger partial charge in [0, 0.05) is 0 Å². The third-order valence-electron chi connectivity index (χ3n) is 2.81. The van der Waals surface area contributed by atoms with Crippen molar-refractivity contribution in [2.75, 3.05) is 6.16 Å². The molecule has 0 heterocycles. The van der Waals surface area contributed by atoms with Gasteiger partial charge in [0.05, 0.1) is 0 Å². The lowest BCUT2D eigenvalue weighted by Gasteiger charge is -2.01. The van der Waals surface area contributed by atoms with Gasteiger partial charge in [-0.3, -0.25) is 0 Å². The van der Waals surface area contributed by atoms with Crippen LogP contribution < -0.4 is 5.30 Å². The van der Waals surface area contributed by atoms with E-state index in [0.29, 0.717) is 0 Å². The van der Waals surface area contributed by atoms with Crippen molar-refractivity contribution in [1.82, 2.24) is 0 Å². The summed E-state index contributed by atoms with van der Waals surface area (Å²) in [6.45, 7) is 2.28. The molecule has 0 aliphatic carbocycles. The smallest absolute Gasteiger partial charge is 0.0193 e. The second-order valence-electron chi connectivity index (χ2n) is 4.34. The Bertz CT molecular complexity index is 243. The first-order valence-corrected chi connectivity index (χ1v) is 7.74. The summed E-state index contributed by atoms with van der Waals surface area (Å²) in [4.78, 5) is 0. The van der Waals surface area contributed by atoms with Crippen LogP contribution >= 0.6 is 8.58 Å². The van der Waals surface area contributed by atoms with Gasteiger partial charge in [-0.15, -0.1) is 0 Å². The number of hydrogen-bond acceptors (Lipinski definition) is 0. The van der Waals surface area contributed by atoms with Crippen molar-refractivity contribution in [2.24, 2.45) is 0 Å². The second-order valence-corrected chi connectivity index (χ2v) is 5.62. The van der Waals surface area contributed by atoms with E-state index in [2.05, 4.69) is 37.3 Å². The van der Waals surface area contributed by atoms with Crippen LogP contribution in [0.25, 0.3) is 0 Å². The van der Waals surface area contributed by atoms with Crippen LogP contribution in [0, 0.1) is 0 Å². The van der Waals surface area contributed by atoms with E-state index in [1.165, 1.54) is 65.0 Å². The SMILES string of the molecule is CCCCCCCCC[P]c1ccccc1. The predicted molar refractivity (Wildman–Crippen MR) is 75.9 cm³/mol. The third kappa shape index (κ3) is 7.01. The van der Waals surface area contributed by atoms with Gasteiger partial charge in [0.2, 0.25) is 0 Å². The monoisotopic (exact) mass is 235 g/mol. The molecule has 0 amide bonds. The van der Waals surface area contributed by atoms with Crippen LogP contribution in [0.2, 0.25) is 0 Å². The van der Waals surface area contributed by atoms with Crippen molar-refractivity contribution in [2.45, 2.75) is 51.9 Å². The molecule has 1 radical (unpaired) electrons. The van der Waals surface area contributed by atoms with Crippen molar-refractivity contribution in [1.29, 1.82) is 0 Å². The molecule has 0 spiro atoms. The lowest BCUT2D eigenvalue weighted by atomic mass is 10.1.